The van der Waals surface area contributed by atoms with Crippen LogP contribution in [0, 0.1) is 11.3 Å². The minimum atomic E-state index is -0.854. The molecule has 3 heterocycles. The maximum atomic E-state index is 14.0. The molecule has 0 saturated carbocycles. The van der Waals surface area contributed by atoms with Crippen molar-refractivity contribution in [3.63, 3.8) is 0 Å². The largest absolute Gasteiger partial charge is 0.481 e. The number of nitrogens with one attached hydrogen (secondary N) is 4. The number of allylic oxidation sites excluding steroid dienone is 1. The molecule has 13 heteroatoms. The van der Waals surface area contributed by atoms with Gasteiger partial charge in [-0.25, -0.2) is 9.48 Å². The molecular formula is C45H56N8O5. The van der Waals surface area contributed by atoms with Crippen molar-refractivity contribution in [1.29, 1.82) is 5.41 Å². The van der Waals surface area contributed by atoms with E-state index < -0.39 is 11.5 Å². The summed E-state index contributed by atoms with van der Waals surface area (Å²) in [6.07, 6.45) is 11.6. The summed E-state index contributed by atoms with van der Waals surface area (Å²) in [4.78, 5) is 57.0. The fourth-order valence-electron chi connectivity index (χ4n) is 6.92. The molecule has 2 aromatic heterocycles. The number of carboxylic acid groups (broad SMARTS) is 1. The molecule has 0 spiro atoms. The average Bonchev–Trinajstić information content (AvgIpc) is 3.65. The molecule has 306 valence electrons. The molecule has 58 heavy (non-hydrogen) atoms. The maximum absolute atomic E-state index is 14.0. The van der Waals surface area contributed by atoms with Crippen molar-refractivity contribution in [3.05, 3.63) is 101 Å². The van der Waals surface area contributed by atoms with Crippen LogP contribution in [0.4, 0.5) is 10.5 Å². The minimum Gasteiger partial charge on any atom is -0.481 e. The molecule has 1 aliphatic rings. The standard InChI is InChI=1S/C45H56N8O5/c1-5-6-13-33-29-52(30-34(33)27-46)44(58)50-35-19-17-32(18-20-35)40-26-38(36-14-11-16-39-37(36)15-12-24-47-39)43(57)53(51-40)25-10-8-7-9-23-48-41(54)28-49-45(4,31(2)3)22-21-42(55)56/h6,11-20,24,26-27,31,46,49H,5,7-10,21-23,25,28-30H2,1-4H3,(H,48,54)(H,50,58)(H,55,56)/b13-6-,46-27?. The molecule has 0 saturated heterocycles. The summed E-state index contributed by atoms with van der Waals surface area (Å²) < 4.78 is 1.53. The number of carboxylic acids is 1. The number of aromatic nitrogens is 3. The highest BCUT2D eigenvalue weighted by Gasteiger charge is 2.29. The fraction of sp³-hybridized carbons (Fsp3) is 0.400. The van der Waals surface area contributed by atoms with Gasteiger partial charge in [-0.2, -0.15) is 5.10 Å². The third kappa shape index (κ3) is 11.3. The van der Waals surface area contributed by atoms with Crippen LogP contribution in [-0.4, -0.2) is 80.6 Å². The number of carbonyl (C=O) groups is 3. The topological polar surface area (TPSA) is 182 Å². The number of urea groups is 1. The summed E-state index contributed by atoms with van der Waals surface area (Å²) >= 11 is 0. The zero-order valence-electron chi connectivity index (χ0n) is 34.0. The molecule has 5 rings (SSSR count). The average molecular weight is 789 g/mol. The first-order chi connectivity index (χ1) is 27.9. The van der Waals surface area contributed by atoms with E-state index >= 15 is 0 Å². The van der Waals surface area contributed by atoms with E-state index in [1.807, 2.05) is 101 Å². The number of aryl methyl sites for hydroxylation is 1. The van der Waals surface area contributed by atoms with Crippen LogP contribution in [0.25, 0.3) is 33.3 Å². The molecule has 2 aromatic carbocycles. The molecule has 13 nitrogen and oxygen atoms in total. The van der Waals surface area contributed by atoms with Crippen LogP contribution < -0.4 is 21.5 Å². The number of nitrogens with zero attached hydrogens (tertiary/aromatic N) is 4. The van der Waals surface area contributed by atoms with Crippen LogP contribution in [0.5, 0.6) is 0 Å². The van der Waals surface area contributed by atoms with E-state index in [2.05, 4.69) is 20.9 Å². The van der Waals surface area contributed by atoms with Gasteiger partial charge in [-0.05, 0) is 85.6 Å². The van der Waals surface area contributed by atoms with Gasteiger partial charge in [0.2, 0.25) is 5.91 Å². The number of benzene rings is 2. The highest BCUT2D eigenvalue weighted by Crippen LogP contribution is 2.29. The smallest absolute Gasteiger partial charge is 0.322 e. The van der Waals surface area contributed by atoms with Crippen LogP contribution in [0.1, 0.15) is 72.6 Å². The molecule has 4 aromatic rings. The number of rotatable bonds is 20. The Morgan fingerprint density at radius 3 is 2.47 bits per heavy atom. The van der Waals surface area contributed by atoms with Crippen molar-refractivity contribution in [1.82, 2.24) is 30.3 Å². The van der Waals surface area contributed by atoms with Crippen molar-refractivity contribution in [3.8, 4) is 22.4 Å². The van der Waals surface area contributed by atoms with Gasteiger partial charge >= 0.3 is 12.0 Å². The van der Waals surface area contributed by atoms with Crippen molar-refractivity contribution in [2.45, 2.75) is 84.7 Å². The van der Waals surface area contributed by atoms with Crippen LogP contribution >= 0.6 is 0 Å². The molecule has 1 unspecified atom stereocenters. The van der Waals surface area contributed by atoms with Crippen molar-refractivity contribution < 1.29 is 19.5 Å². The number of amides is 3. The molecule has 1 atom stereocenters. The summed E-state index contributed by atoms with van der Waals surface area (Å²) in [7, 11) is 0. The van der Waals surface area contributed by atoms with E-state index in [0.29, 0.717) is 56.0 Å². The van der Waals surface area contributed by atoms with Gasteiger partial charge in [0, 0.05) is 67.2 Å². The molecule has 0 bridgehead atoms. The summed E-state index contributed by atoms with van der Waals surface area (Å²) in [5, 5.41) is 31.7. The lowest BCUT2D eigenvalue weighted by Gasteiger charge is -2.34. The Morgan fingerprint density at radius 2 is 1.74 bits per heavy atom. The number of unbranched alkanes of at least 4 members (excludes halogenated alkanes) is 3. The summed E-state index contributed by atoms with van der Waals surface area (Å²) in [5.74, 6) is -0.823. The highest BCUT2D eigenvalue weighted by atomic mass is 16.4. The van der Waals surface area contributed by atoms with Gasteiger partial charge < -0.3 is 31.4 Å². The first-order valence-electron chi connectivity index (χ1n) is 20.2. The molecule has 0 radical (unpaired) electrons. The zero-order valence-corrected chi connectivity index (χ0v) is 34.0. The van der Waals surface area contributed by atoms with E-state index in [4.69, 9.17) is 15.6 Å². The predicted molar refractivity (Wildman–Crippen MR) is 230 cm³/mol. The van der Waals surface area contributed by atoms with Gasteiger partial charge in [-0.1, -0.05) is 76.1 Å². The van der Waals surface area contributed by atoms with Crippen molar-refractivity contribution in [2.75, 3.05) is 31.5 Å². The molecule has 3 amide bonds. The third-order valence-corrected chi connectivity index (χ3v) is 10.9. The molecular weight excluding hydrogens is 733 g/mol. The zero-order chi connectivity index (χ0) is 41.7. The van der Waals surface area contributed by atoms with Gasteiger partial charge in [0.15, 0.2) is 0 Å². The second-order valence-corrected chi connectivity index (χ2v) is 15.3. The Bertz CT molecular complexity index is 2210. The molecule has 0 aliphatic carbocycles. The fourth-order valence-corrected chi connectivity index (χ4v) is 6.92. The second-order valence-electron chi connectivity index (χ2n) is 15.3. The maximum Gasteiger partial charge on any atom is 0.322 e. The van der Waals surface area contributed by atoms with Crippen molar-refractivity contribution in [2.24, 2.45) is 5.92 Å². The third-order valence-electron chi connectivity index (χ3n) is 10.9. The SMILES string of the molecule is CC/C=C\C1=C(C=N)CN(C(=O)Nc2ccc(-c3cc(-c4cccc5ncccc45)c(=O)n(CCCCCCNC(=O)CNC(C)(CCC(=O)O)C(C)C)n3)cc2)C1. The molecule has 5 N–H and O–H groups in total. The number of pyridine rings is 1. The number of fused-ring (bicyclic) bond motifs is 1. The molecule has 1 aliphatic heterocycles. The Morgan fingerprint density at radius 1 is 0.983 bits per heavy atom. The van der Waals surface area contributed by atoms with Crippen molar-refractivity contribution >= 4 is 40.7 Å². The van der Waals surface area contributed by atoms with E-state index in [1.54, 1.807) is 11.1 Å². The summed E-state index contributed by atoms with van der Waals surface area (Å²) in [6, 6.07) is 18.5. The Labute approximate surface area is 340 Å². The Hall–Kier alpha value is -5.95. The number of hydrogen-bond donors (Lipinski definition) is 5. The number of carbonyl (C=O) groups excluding carboxylic acids is 2. The minimum absolute atomic E-state index is 0.0378. The van der Waals surface area contributed by atoms with Crippen LogP contribution in [-0.2, 0) is 16.1 Å². The Balaban J connectivity index is 1.23. The summed E-state index contributed by atoms with van der Waals surface area (Å²) in [6.45, 7) is 9.89. The van der Waals surface area contributed by atoms with Crippen LogP contribution in [0.3, 0.4) is 0 Å². The van der Waals surface area contributed by atoms with E-state index in [0.717, 1.165) is 58.9 Å². The first-order valence-corrected chi connectivity index (χ1v) is 20.2. The highest BCUT2D eigenvalue weighted by molar-refractivity contribution is 5.95. The molecule has 0 fully saturated rings. The lowest BCUT2D eigenvalue weighted by atomic mass is 9.84. The second kappa shape index (κ2) is 20.5. The van der Waals surface area contributed by atoms with Gasteiger partial charge in [-0.15, -0.1) is 0 Å². The van der Waals surface area contributed by atoms with E-state index in [1.165, 1.54) is 10.9 Å². The lowest BCUT2D eigenvalue weighted by molar-refractivity contribution is -0.137. The first kappa shape index (κ1) is 43.2. The lowest BCUT2D eigenvalue weighted by Crippen LogP contribution is -2.51. The van der Waals surface area contributed by atoms with Gasteiger partial charge in [0.1, 0.15) is 0 Å². The van der Waals surface area contributed by atoms with Crippen LogP contribution in [0.15, 0.2) is 95.0 Å². The summed E-state index contributed by atoms with van der Waals surface area (Å²) in [5.41, 5.74) is 5.24. The number of aliphatic carboxylic acids is 1. The quantitative estimate of drug-likeness (QED) is 0.0453. The number of anilines is 1. The normalized spacial score (nSPS) is 14.0. The van der Waals surface area contributed by atoms with E-state index in [9.17, 15) is 19.2 Å². The Kier molecular flexibility index (Phi) is 15.2. The van der Waals surface area contributed by atoms with Crippen LogP contribution in [0.2, 0.25) is 0 Å². The van der Waals surface area contributed by atoms with Gasteiger partial charge in [-0.3, -0.25) is 19.4 Å². The monoisotopic (exact) mass is 788 g/mol. The van der Waals surface area contributed by atoms with E-state index in [-0.39, 0.29) is 36.4 Å². The number of hydrogen-bond acceptors (Lipinski definition) is 8. The predicted octanol–water partition coefficient (Wildman–Crippen LogP) is 7.43. The van der Waals surface area contributed by atoms with Gasteiger partial charge in [0.25, 0.3) is 5.56 Å². The van der Waals surface area contributed by atoms with Gasteiger partial charge in [0.05, 0.1) is 23.3 Å².